The van der Waals surface area contributed by atoms with Crippen LogP contribution in [0.2, 0.25) is 0 Å². The van der Waals surface area contributed by atoms with Crippen LogP contribution in [0.3, 0.4) is 0 Å². The number of halogens is 1. The number of amides is 1. The molecule has 1 amide bonds. The van der Waals surface area contributed by atoms with Crippen LogP contribution in [0.1, 0.15) is 23.7 Å². The van der Waals surface area contributed by atoms with Crippen LogP contribution >= 0.6 is 11.8 Å². The highest BCUT2D eigenvalue weighted by Crippen LogP contribution is 2.35. The standard InChI is InChI=1S/C20H19FN4O2S/c1-27-16-10-4-13(5-11-16)18-23-20(25-24-18)28-17(19(26)22-15-8-9-15)12-2-6-14(21)7-3-12/h2-7,10-11,15,17H,8-9H2,1H3,(H,22,26)(H,23,24,25). The summed E-state index contributed by atoms with van der Waals surface area (Å²) in [5, 5.41) is 10.0. The van der Waals surface area contributed by atoms with E-state index in [1.54, 1.807) is 19.2 Å². The first-order chi connectivity index (χ1) is 13.6. The van der Waals surface area contributed by atoms with Crippen LogP contribution in [0.5, 0.6) is 5.75 Å². The van der Waals surface area contributed by atoms with Crippen molar-refractivity contribution in [3.05, 3.63) is 59.9 Å². The molecule has 1 fully saturated rings. The summed E-state index contributed by atoms with van der Waals surface area (Å²) in [4.78, 5) is 17.2. The maximum absolute atomic E-state index is 13.3. The molecule has 2 N–H and O–H groups in total. The van der Waals surface area contributed by atoms with Crippen molar-refractivity contribution in [2.75, 3.05) is 7.11 Å². The Kier molecular flexibility index (Phi) is 5.29. The summed E-state index contributed by atoms with van der Waals surface area (Å²) in [6.07, 6.45) is 1.99. The van der Waals surface area contributed by atoms with Gasteiger partial charge in [-0.25, -0.2) is 9.37 Å². The number of hydrogen-bond donors (Lipinski definition) is 2. The molecule has 0 spiro atoms. The third-order valence-corrected chi connectivity index (χ3v) is 5.50. The molecule has 3 aromatic rings. The third-order valence-electron chi connectivity index (χ3n) is 4.39. The predicted octanol–water partition coefficient (Wildman–Crippen LogP) is 3.73. The Balaban J connectivity index is 1.55. The Bertz CT molecular complexity index is 955. The van der Waals surface area contributed by atoms with Gasteiger partial charge in [0.15, 0.2) is 5.82 Å². The fraction of sp³-hybridized carbons (Fsp3) is 0.250. The Hall–Kier alpha value is -2.87. The van der Waals surface area contributed by atoms with Gasteiger partial charge in [0.2, 0.25) is 11.1 Å². The number of hydrogen-bond acceptors (Lipinski definition) is 5. The average Bonchev–Trinajstić information content (AvgIpc) is 3.41. The van der Waals surface area contributed by atoms with Gasteiger partial charge in [-0.15, -0.1) is 5.10 Å². The van der Waals surface area contributed by atoms with E-state index >= 15 is 0 Å². The van der Waals surface area contributed by atoms with Gasteiger partial charge in [0.05, 0.1) is 7.11 Å². The van der Waals surface area contributed by atoms with Crippen LogP contribution in [-0.4, -0.2) is 34.2 Å². The number of benzene rings is 2. The number of H-pyrrole nitrogens is 1. The zero-order chi connectivity index (χ0) is 19.5. The highest BCUT2D eigenvalue weighted by atomic mass is 32.2. The number of carbonyl (C=O) groups excluding carboxylic acids is 1. The molecule has 4 rings (SSSR count). The van der Waals surface area contributed by atoms with E-state index in [1.165, 1.54) is 23.9 Å². The lowest BCUT2D eigenvalue weighted by atomic mass is 10.1. The molecular formula is C20H19FN4O2S. The number of ether oxygens (including phenoxy) is 1. The fourth-order valence-electron chi connectivity index (χ4n) is 2.70. The Morgan fingerprint density at radius 3 is 2.57 bits per heavy atom. The van der Waals surface area contributed by atoms with E-state index in [9.17, 15) is 9.18 Å². The molecule has 28 heavy (non-hydrogen) atoms. The molecule has 0 aliphatic heterocycles. The second-order valence-corrected chi connectivity index (χ2v) is 7.60. The van der Waals surface area contributed by atoms with Crippen LogP contribution in [-0.2, 0) is 4.79 Å². The van der Waals surface area contributed by atoms with Gasteiger partial charge < -0.3 is 10.1 Å². The SMILES string of the molecule is COc1ccc(-c2nc(SC(C(=O)NC3CC3)c3ccc(F)cc3)n[nH]2)cc1. The molecule has 1 heterocycles. The minimum atomic E-state index is -0.555. The number of nitrogens with zero attached hydrogens (tertiary/aromatic N) is 2. The van der Waals surface area contributed by atoms with Crippen LogP contribution in [0, 0.1) is 5.82 Å². The highest BCUT2D eigenvalue weighted by molar-refractivity contribution is 8.00. The second kappa shape index (κ2) is 8.02. The lowest BCUT2D eigenvalue weighted by Gasteiger charge is -2.15. The number of aromatic nitrogens is 3. The van der Waals surface area contributed by atoms with E-state index in [-0.39, 0.29) is 17.8 Å². The summed E-state index contributed by atoms with van der Waals surface area (Å²) in [6.45, 7) is 0. The van der Waals surface area contributed by atoms with E-state index in [2.05, 4.69) is 20.5 Å². The number of methoxy groups -OCH3 is 1. The Morgan fingerprint density at radius 1 is 1.21 bits per heavy atom. The quantitative estimate of drug-likeness (QED) is 0.593. The third kappa shape index (κ3) is 4.33. The maximum Gasteiger partial charge on any atom is 0.238 e. The van der Waals surface area contributed by atoms with Gasteiger partial charge in [0, 0.05) is 11.6 Å². The summed E-state index contributed by atoms with van der Waals surface area (Å²) >= 11 is 1.24. The summed E-state index contributed by atoms with van der Waals surface area (Å²) in [6, 6.07) is 13.6. The van der Waals surface area contributed by atoms with Crippen molar-refractivity contribution in [3.63, 3.8) is 0 Å². The minimum absolute atomic E-state index is 0.116. The molecule has 1 aliphatic rings. The van der Waals surface area contributed by atoms with Crippen molar-refractivity contribution in [2.45, 2.75) is 29.3 Å². The van der Waals surface area contributed by atoms with E-state index in [0.717, 1.165) is 24.2 Å². The summed E-state index contributed by atoms with van der Waals surface area (Å²) < 4.78 is 18.5. The van der Waals surface area contributed by atoms with Crippen LogP contribution in [0.4, 0.5) is 4.39 Å². The molecule has 0 radical (unpaired) electrons. The number of rotatable bonds is 7. The first-order valence-corrected chi connectivity index (χ1v) is 9.79. The zero-order valence-corrected chi connectivity index (χ0v) is 16.0. The molecule has 1 unspecified atom stereocenters. The molecule has 0 bridgehead atoms. The predicted molar refractivity (Wildman–Crippen MR) is 105 cm³/mol. The number of nitrogens with one attached hydrogen (secondary N) is 2. The van der Waals surface area contributed by atoms with Crippen molar-refractivity contribution >= 4 is 17.7 Å². The molecule has 2 aromatic carbocycles. The molecule has 1 aromatic heterocycles. The summed E-state index contributed by atoms with van der Waals surface area (Å²) in [5.41, 5.74) is 1.57. The summed E-state index contributed by atoms with van der Waals surface area (Å²) in [5.74, 6) is 0.904. The van der Waals surface area contributed by atoms with Crippen molar-refractivity contribution in [1.29, 1.82) is 0 Å². The molecule has 144 valence electrons. The minimum Gasteiger partial charge on any atom is -0.497 e. The molecule has 0 saturated heterocycles. The number of carbonyl (C=O) groups is 1. The topological polar surface area (TPSA) is 79.9 Å². The number of aromatic amines is 1. The van der Waals surface area contributed by atoms with Gasteiger partial charge in [0.25, 0.3) is 0 Å². The Labute approximate surface area is 165 Å². The fourth-order valence-corrected chi connectivity index (χ4v) is 3.62. The van der Waals surface area contributed by atoms with E-state index in [1.807, 2.05) is 24.3 Å². The molecule has 1 saturated carbocycles. The van der Waals surface area contributed by atoms with Crippen molar-refractivity contribution < 1.29 is 13.9 Å². The van der Waals surface area contributed by atoms with Gasteiger partial charge in [-0.2, -0.15) is 0 Å². The number of thioether (sulfide) groups is 1. The van der Waals surface area contributed by atoms with Gasteiger partial charge in [-0.3, -0.25) is 9.89 Å². The molecule has 1 aliphatic carbocycles. The lowest BCUT2D eigenvalue weighted by Crippen LogP contribution is -2.29. The highest BCUT2D eigenvalue weighted by Gasteiger charge is 2.30. The van der Waals surface area contributed by atoms with Crippen LogP contribution in [0.15, 0.2) is 53.7 Å². The zero-order valence-electron chi connectivity index (χ0n) is 15.2. The van der Waals surface area contributed by atoms with Crippen LogP contribution in [0.25, 0.3) is 11.4 Å². The largest absolute Gasteiger partial charge is 0.497 e. The molecular weight excluding hydrogens is 379 g/mol. The maximum atomic E-state index is 13.3. The van der Waals surface area contributed by atoms with Crippen molar-refractivity contribution in [1.82, 2.24) is 20.5 Å². The summed E-state index contributed by atoms with van der Waals surface area (Å²) in [7, 11) is 1.61. The van der Waals surface area contributed by atoms with Crippen LogP contribution < -0.4 is 10.1 Å². The molecule has 8 heteroatoms. The van der Waals surface area contributed by atoms with Gasteiger partial charge >= 0.3 is 0 Å². The van der Waals surface area contributed by atoms with E-state index in [4.69, 9.17) is 4.74 Å². The molecule has 1 atom stereocenters. The second-order valence-electron chi connectivity index (χ2n) is 6.53. The smallest absolute Gasteiger partial charge is 0.238 e. The Morgan fingerprint density at radius 2 is 1.93 bits per heavy atom. The first kappa shape index (κ1) is 18.5. The lowest BCUT2D eigenvalue weighted by molar-refractivity contribution is -0.120. The normalized spacial score (nSPS) is 14.5. The molecule has 6 nitrogen and oxygen atoms in total. The van der Waals surface area contributed by atoms with E-state index < -0.39 is 5.25 Å². The van der Waals surface area contributed by atoms with Crippen molar-refractivity contribution in [2.24, 2.45) is 0 Å². The van der Waals surface area contributed by atoms with Crippen molar-refractivity contribution in [3.8, 4) is 17.1 Å². The first-order valence-electron chi connectivity index (χ1n) is 8.91. The van der Waals surface area contributed by atoms with Gasteiger partial charge in [-0.1, -0.05) is 23.9 Å². The average molecular weight is 398 g/mol. The van der Waals surface area contributed by atoms with Gasteiger partial charge in [0.1, 0.15) is 16.8 Å². The monoisotopic (exact) mass is 398 g/mol. The van der Waals surface area contributed by atoms with Gasteiger partial charge in [-0.05, 0) is 54.8 Å². The van der Waals surface area contributed by atoms with E-state index in [0.29, 0.717) is 16.5 Å².